The zero-order valence-electron chi connectivity index (χ0n) is 18.1. The molecule has 1 atom stereocenters. The van der Waals surface area contributed by atoms with Crippen molar-refractivity contribution < 1.29 is 18.9 Å². The number of aliphatic hydroxyl groups is 1. The molecule has 1 N–H and O–H groups in total. The summed E-state index contributed by atoms with van der Waals surface area (Å²) in [5.74, 6) is 1.06. The van der Waals surface area contributed by atoms with Gasteiger partial charge in [0.1, 0.15) is 6.61 Å². The van der Waals surface area contributed by atoms with Crippen LogP contribution in [-0.2, 0) is 11.3 Å². The number of aryl methyl sites for hydroxylation is 4. The maximum absolute atomic E-state index is 10.3. The summed E-state index contributed by atoms with van der Waals surface area (Å²) >= 11 is 0. The summed E-state index contributed by atoms with van der Waals surface area (Å²) in [6.45, 7) is 9.97. The highest BCUT2D eigenvalue weighted by Crippen LogP contribution is 2.26. The minimum atomic E-state index is -1.41. The summed E-state index contributed by atoms with van der Waals surface area (Å²) in [6, 6.07) is 10.0. The van der Waals surface area contributed by atoms with E-state index in [1.54, 1.807) is 0 Å². The lowest BCUT2D eigenvalue weighted by Gasteiger charge is -2.06. The molecule has 0 aliphatic heterocycles. The molecule has 8 nitrogen and oxygen atoms in total. The standard InChI is InChI=1S/C23H24N4O4/c1-12-6-7-17(15(4)8-12)20-25-22(31-27-20)23(28)29-11-19-24-21(26-30-19)18-10-13(2)9-14(3)16(18)5/h6-10,23,28H,11H2,1-5H3. The molecule has 4 rings (SSSR count). The van der Waals surface area contributed by atoms with Crippen molar-refractivity contribution in [2.45, 2.75) is 47.5 Å². The molecule has 0 amide bonds. The van der Waals surface area contributed by atoms with Crippen LogP contribution in [0.2, 0.25) is 0 Å². The van der Waals surface area contributed by atoms with Crippen molar-refractivity contribution >= 4 is 0 Å². The normalized spacial score (nSPS) is 12.3. The summed E-state index contributed by atoms with van der Waals surface area (Å²) < 4.78 is 15.8. The van der Waals surface area contributed by atoms with Crippen LogP contribution in [0.25, 0.3) is 22.8 Å². The van der Waals surface area contributed by atoms with Gasteiger partial charge in [0.25, 0.3) is 11.8 Å². The van der Waals surface area contributed by atoms with E-state index in [2.05, 4.69) is 26.3 Å². The van der Waals surface area contributed by atoms with Gasteiger partial charge in [0.15, 0.2) is 0 Å². The van der Waals surface area contributed by atoms with Gasteiger partial charge in [-0.3, -0.25) is 0 Å². The molecule has 2 aromatic carbocycles. The molecule has 160 valence electrons. The van der Waals surface area contributed by atoms with Crippen LogP contribution in [0.3, 0.4) is 0 Å². The van der Waals surface area contributed by atoms with Crippen LogP contribution in [0, 0.1) is 34.6 Å². The maximum Gasteiger partial charge on any atom is 0.283 e. The molecule has 0 saturated carbocycles. The SMILES string of the molecule is Cc1ccc(-c2noc(C(O)OCc3nc(-c4cc(C)cc(C)c4C)no3)n2)c(C)c1. The lowest BCUT2D eigenvalue weighted by Crippen LogP contribution is -2.04. The molecule has 0 bridgehead atoms. The van der Waals surface area contributed by atoms with E-state index in [9.17, 15) is 5.11 Å². The van der Waals surface area contributed by atoms with Gasteiger partial charge in [-0.15, -0.1) is 0 Å². The Labute approximate surface area is 179 Å². The monoisotopic (exact) mass is 420 g/mol. The molecular formula is C23H24N4O4. The van der Waals surface area contributed by atoms with Crippen molar-refractivity contribution in [3.63, 3.8) is 0 Å². The van der Waals surface area contributed by atoms with Gasteiger partial charge in [-0.1, -0.05) is 45.7 Å². The fourth-order valence-electron chi connectivity index (χ4n) is 3.43. The van der Waals surface area contributed by atoms with Crippen molar-refractivity contribution in [2.24, 2.45) is 0 Å². The molecule has 0 aliphatic rings. The van der Waals surface area contributed by atoms with Crippen molar-refractivity contribution in [3.05, 3.63) is 69.9 Å². The van der Waals surface area contributed by atoms with Gasteiger partial charge in [0.05, 0.1) is 0 Å². The van der Waals surface area contributed by atoms with Crippen molar-refractivity contribution in [3.8, 4) is 22.8 Å². The van der Waals surface area contributed by atoms with Crippen molar-refractivity contribution in [1.82, 2.24) is 20.3 Å². The predicted molar refractivity (Wildman–Crippen MR) is 113 cm³/mol. The Kier molecular flexibility index (Phi) is 5.67. The summed E-state index contributed by atoms with van der Waals surface area (Å²) in [5.41, 5.74) is 7.26. The van der Waals surface area contributed by atoms with E-state index in [0.29, 0.717) is 11.6 Å². The number of aromatic nitrogens is 4. The van der Waals surface area contributed by atoms with Crippen LogP contribution < -0.4 is 0 Å². The Balaban J connectivity index is 1.44. The van der Waals surface area contributed by atoms with E-state index in [1.807, 2.05) is 58.9 Å². The number of nitrogens with zero attached hydrogens (tertiary/aromatic N) is 4. The molecular weight excluding hydrogens is 396 g/mol. The minimum absolute atomic E-state index is 0.0418. The van der Waals surface area contributed by atoms with Gasteiger partial charge in [-0.2, -0.15) is 9.97 Å². The van der Waals surface area contributed by atoms with E-state index in [-0.39, 0.29) is 18.4 Å². The summed E-state index contributed by atoms with van der Waals surface area (Å²) in [6.07, 6.45) is -1.41. The van der Waals surface area contributed by atoms with Crippen LogP contribution in [0.1, 0.15) is 45.9 Å². The second kappa shape index (κ2) is 8.41. The molecule has 31 heavy (non-hydrogen) atoms. The predicted octanol–water partition coefficient (Wildman–Crippen LogP) is 4.54. The number of ether oxygens (including phenoxy) is 1. The molecule has 2 aromatic heterocycles. The van der Waals surface area contributed by atoms with Gasteiger partial charge in [-0.25, -0.2) is 0 Å². The average molecular weight is 420 g/mol. The van der Waals surface area contributed by atoms with Crippen molar-refractivity contribution in [2.75, 3.05) is 0 Å². The molecule has 4 aromatic rings. The Bertz CT molecular complexity index is 1230. The van der Waals surface area contributed by atoms with E-state index >= 15 is 0 Å². The van der Waals surface area contributed by atoms with Gasteiger partial charge in [0, 0.05) is 11.1 Å². The Morgan fingerprint density at radius 3 is 2.32 bits per heavy atom. The smallest absolute Gasteiger partial charge is 0.283 e. The van der Waals surface area contributed by atoms with E-state index in [1.165, 1.54) is 0 Å². The quantitative estimate of drug-likeness (QED) is 0.453. The van der Waals surface area contributed by atoms with Crippen LogP contribution >= 0.6 is 0 Å². The van der Waals surface area contributed by atoms with Gasteiger partial charge in [-0.05, 0) is 57.4 Å². The second-order valence-corrected chi connectivity index (χ2v) is 7.70. The molecule has 0 aliphatic carbocycles. The number of hydrogen-bond donors (Lipinski definition) is 1. The third-order valence-electron chi connectivity index (χ3n) is 5.16. The molecule has 0 spiro atoms. The van der Waals surface area contributed by atoms with E-state index in [0.717, 1.165) is 38.9 Å². The molecule has 0 fully saturated rings. The lowest BCUT2D eigenvalue weighted by molar-refractivity contribution is -0.133. The molecule has 8 heteroatoms. The van der Waals surface area contributed by atoms with Crippen LogP contribution in [0.4, 0.5) is 0 Å². The van der Waals surface area contributed by atoms with Crippen LogP contribution in [0.5, 0.6) is 0 Å². The molecule has 0 saturated heterocycles. The van der Waals surface area contributed by atoms with Crippen molar-refractivity contribution in [1.29, 1.82) is 0 Å². The first-order valence-electron chi connectivity index (χ1n) is 9.93. The number of rotatable bonds is 6. The highest BCUT2D eigenvalue weighted by Gasteiger charge is 2.20. The first-order chi connectivity index (χ1) is 14.8. The van der Waals surface area contributed by atoms with Gasteiger partial charge in [0.2, 0.25) is 17.9 Å². The molecule has 0 radical (unpaired) electrons. The largest absolute Gasteiger partial charge is 0.360 e. The summed E-state index contributed by atoms with van der Waals surface area (Å²) in [7, 11) is 0. The molecule has 2 heterocycles. The Morgan fingerprint density at radius 2 is 1.55 bits per heavy atom. The number of hydrogen-bond acceptors (Lipinski definition) is 8. The van der Waals surface area contributed by atoms with Gasteiger partial charge >= 0.3 is 0 Å². The molecule has 1 unspecified atom stereocenters. The summed E-state index contributed by atoms with van der Waals surface area (Å²) in [4.78, 5) is 8.63. The minimum Gasteiger partial charge on any atom is -0.360 e. The van der Waals surface area contributed by atoms with Crippen LogP contribution in [-0.4, -0.2) is 25.4 Å². The van der Waals surface area contributed by atoms with E-state index < -0.39 is 6.29 Å². The average Bonchev–Trinajstić information content (AvgIpc) is 3.39. The fourth-order valence-corrected chi connectivity index (χ4v) is 3.43. The Morgan fingerprint density at radius 1 is 0.839 bits per heavy atom. The number of benzene rings is 2. The van der Waals surface area contributed by atoms with Crippen LogP contribution in [0.15, 0.2) is 39.4 Å². The second-order valence-electron chi connectivity index (χ2n) is 7.70. The summed E-state index contributed by atoms with van der Waals surface area (Å²) in [5, 5.41) is 18.3. The maximum atomic E-state index is 10.3. The van der Waals surface area contributed by atoms with E-state index in [4.69, 9.17) is 13.8 Å². The fraction of sp³-hybridized carbons (Fsp3) is 0.304. The topological polar surface area (TPSA) is 107 Å². The highest BCUT2D eigenvalue weighted by atomic mass is 16.6. The highest BCUT2D eigenvalue weighted by molar-refractivity contribution is 5.62. The zero-order valence-corrected chi connectivity index (χ0v) is 18.1. The first-order valence-corrected chi connectivity index (χ1v) is 9.93. The Hall–Kier alpha value is -3.36. The zero-order chi connectivity index (χ0) is 22.1. The number of aliphatic hydroxyl groups excluding tert-OH is 1. The first kappa shape index (κ1) is 20.9. The van der Waals surface area contributed by atoms with Gasteiger partial charge < -0.3 is 18.9 Å². The third kappa shape index (κ3) is 4.40. The third-order valence-corrected chi connectivity index (χ3v) is 5.16. The lowest BCUT2D eigenvalue weighted by atomic mass is 10.00.